The lowest BCUT2D eigenvalue weighted by Crippen LogP contribution is -2.20. The largest absolute Gasteiger partial charge is 0.508 e. The van der Waals surface area contributed by atoms with Gasteiger partial charge in [-0.25, -0.2) is 0 Å². The first-order chi connectivity index (χ1) is 11.7. The lowest BCUT2D eigenvalue weighted by atomic mass is 10.1. The Bertz CT molecular complexity index is 822. The van der Waals surface area contributed by atoms with E-state index in [1.807, 2.05) is 0 Å². The highest BCUT2D eigenvalue weighted by Gasteiger charge is 2.19. The summed E-state index contributed by atoms with van der Waals surface area (Å²) in [7, 11) is 0. The molecule has 0 amide bonds. The molecule has 0 fully saturated rings. The fourth-order valence-electron chi connectivity index (χ4n) is 2.06. The van der Waals surface area contributed by atoms with Crippen molar-refractivity contribution in [2.75, 3.05) is 0 Å². The molecule has 8 N–H and O–H groups in total. The van der Waals surface area contributed by atoms with Gasteiger partial charge in [0, 0.05) is 6.07 Å². The van der Waals surface area contributed by atoms with Gasteiger partial charge in [-0.3, -0.25) is 9.59 Å². The second-order valence-electron chi connectivity index (χ2n) is 5.22. The summed E-state index contributed by atoms with van der Waals surface area (Å²) in [5, 5.41) is 37.4. The van der Waals surface area contributed by atoms with Crippen molar-refractivity contribution in [1.29, 1.82) is 0 Å². The van der Waals surface area contributed by atoms with E-state index in [0.717, 1.165) is 0 Å². The normalized spacial score (nSPS) is 13.0. The molecule has 2 aromatic rings. The van der Waals surface area contributed by atoms with Crippen LogP contribution in [0.3, 0.4) is 0 Å². The fraction of sp³-hybridized carbons (Fsp3) is 0.125. The second kappa shape index (κ2) is 7.07. The molecule has 0 aliphatic heterocycles. The minimum atomic E-state index is -1.38. The molecular formula is C16H16N2O7. The third-order valence-electron chi connectivity index (χ3n) is 3.38. The maximum absolute atomic E-state index is 11.0. The van der Waals surface area contributed by atoms with E-state index in [-0.39, 0.29) is 34.1 Å². The van der Waals surface area contributed by atoms with Crippen molar-refractivity contribution >= 4 is 11.9 Å². The van der Waals surface area contributed by atoms with E-state index >= 15 is 0 Å². The second-order valence-corrected chi connectivity index (χ2v) is 5.22. The monoisotopic (exact) mass is 348 g/mol. The lowest BCUT2D eigenvalue weighted by Gasteiger charge is -2.14. The van der Waals surface area contributed by atoms with Gasteiger partial charge < -0.3 is 36.6 Å². The summed E-state index contributed by atoms with van der Waals surface area (Å²) in [6.07, 6.45) is 0. The zero-order valence-corrected chi connectivity index (χ0v) is 12.8. The van der Waals surface area contributed by atoms with Gasteiger partial charge in [0.1, 0.15) is 23.6 Å². The minimum absolute atomic E-state index is 0.00282. The minimum Gasteiger partial charge on any atom is -0.508 e. The van der Waals surface area contributed by atoms with Crippen LogP contribution in [-0.2, 0) is 9.59 Å². The van der Waals surface area contributed by atoms with Crippen LogP contribution in [0, 0.1) is 0 Å². The smallest absolute Gasteiger partial charge is 0.325 e. The van der Waals surface area contributed by atoms with Gasteiger partial charge in [0.05, 0.1) is 0 Å². The van der Waals surface area contributed by atoms with Gasteiger partial charge in [0.15, 0.2) is 11.5 Å². The summed E-state index contributed by atoms with van der Waals surface area (Å²) in [6.45, 7) is 0. The van der Waals surface area contributed by atoms with Crippen molar-refractivity contribution < 1.29 is 34.8 Å². The van der Waals surface area contributed by atoms with Gasteiger partial charge >= 0.3 is 11.9 Å². The molecule has 0 heterocycles. The molecular weight excluding hydrogens is 332 g/mol. The quantitative estimate of drug-likeness (QED) is 0.445. The van der Waals surface area contributed by atoms with Crippen molar-refractivity contribution in [3.63, 3.8) is 0 Å². The molecule has 0 aliphatic rings. The molecule has 0 saturated heterocycles. The number of phenols is 2. The summed E-state index contributed by atoms with van der Waals surface area (Å²) in [5.74, 6) is -3.26. The standard InChI is InChI=1S/C16H16N2O7/c17-13(15(21)22)7-1-2-11(20)12(5-7)25-10-4-8(3-9(19)6-10)14(18)16(23)24/h1-6,13-14,19-20H,17-18H2,(H,21,22)(H,23,24). The number of ether oxygens (including phenoxy) is 1. The summed E-state index contributed by atoms with van der Waals surface area (Å²) in [5.41, 5.74) is 11.3. The Morgan fingerprint density at radius 1 is 0.880 bits per heavy atom. The van der Waals surface area contributed by atoms with Crippen molar-refractivity contribution in [3.05, 3.63) is 47.5 Å². The Morgan fingerprint density at radius 2 is 1.48 bits per heavy atom. The van der Waals surface area contributed by atoms with E-state index in [1.165, 1.54) is 36.4 Å². The predicted molar refractivity (Wildman–Crippen MR) is 85.4 cm³/mol. The van der Waals surface area contributed by atoms with Gasteiger partial charge in [-0.15, -0.1) is 0 Å². The first-order valence-corrected chi connectivity index (χ1v) is 7.00. The lowest BCUT2D eigenvalue weighted by molar-refractivity contribution is -0.139. The van der Waals surface area contributed by atoms with Gasteiger partial charge in [-0.05, 0) is 35.4 Å². The molecule has 9 nitrogen and oxygen atoms in total. The molecule has 0 aliphatic carbocycles. The highest BCUT2D eigenvalue weighted by Crippen LogP contribution is 2.35. The third-order valence-corrected chi connectivity index (χ3v) is 3.38. The molecule has 2 atom stereocenters. The average Bonchev–Trinajstić information content (AvgIpc) is 2.54. The molecule has 2 aromatic carbocycles. The van der Waals surface area contributed by atoms with Crippen molar-refractivity contribution in [1.82, 2.24) is 0 Å². The van der Waals surface area contributed by atoms with Crippen molar-refractivity contribution in [3.8, 4) is 23.0 Å². The molecule has 2 unspecified atom stereocenters. The van der Waals surface area contributed by atoms with Crippen LogP contribution in [0.2, 0.25) is 0 Å². The molecule has 132 valence electrons. The van der Waals surface area contributed by atoms with E-state index < -0.39 is 24.0 Å². The molecule has 0 radical (unpaired) electrons. The van der Waals surface area contributed by atoms with E-state index in [1.54, 1.807) is 0 Å². The number of phenolic OH excluding ortho intramolecular Hbond substituents is 2. The molecule has 25 heavy (non-hydrogen) atoms. The zero-order chi connectivity index (χ0) is 18.7. The first kappa shape index (κ1) is 18.0. The van der Waals surface area contributed by atoms with Gasteiger partial charge in [-0.2, -0.15) is 0 Å². The first-order valence-electron chi connectivity index (χ1n) is 7.00. The Morgan fingerprint density at radius 3 is 2.08 bits per heavy atom. The fourth-order valence-corrected chi connectivity index (χ4v) is 2.06. The number of aromatic hydroxyl groups is 2. The molecule has 0 aromatic heterocycles. The van der Waals surface area contributed by atoms with Crippen LogP contribution in [0.15, 0.2) is 36.4 Å². The van der Waals surface area contributed by atoms with E-state index in [0.29, 0.717) is 0 Å². The van der Waals surface area contributed by atoms with Crippen LogP contribution in [0.1, 0.15) is 23.2 Å². The number of hydrogen-bond acceptors (Lipinski definition) is 7. The van der Waals surface area contributed by atoms with Crippen LogP contribution >= 0.6 is 0 Å². The van der Waals surface area contributed by atoms with Crippen LogP contribution < -0.4 is 16.2 Å². The molecule has 0 bridgehead atoms. The number of carboxylic acids is 2. The number of nitrogens with two attached hydrogens (primary N) is 2. The number of hydrogen-bond donors (Lipinski definition) is 6. The van der Waals surface area contributed by atoms with Crippen LogP contribution in [-0.4, -0.2) is 32.4 Å². The Kier molecular flexibility index (Phi) is 5.11. The maximum Gasteiger partial charge on any atom is 0.325 e. The Balaban J connectivity index is 2.38. The number of carbonyl (C=O) groups is 2. The topological polar surface area (TPSA) is 176 Å². The van der Waals surface area contributed by atoms with Crippen LogP contribution in [0.25, 0.3) is 0 Å². The number of rotatable bonds is 6. The van der Waals surface area contributed by atoms with E-state index in [9.17, 15) is 19.8 Å². The summed E-state index contributed by atoms with van der Waals surface area (Å²) >= 11 is 0. The molecule has 0 saturated carbocycles. The third kappa shape index (κ3) is 4.16. The van der Waals surface area contributed by atoms with Gasteiger partial charge in [0.2, 0.25) is 0 Å². The van der Waals surface area contributed by atoms with Crippen LogP contribution in [0.5, 0.6) is 23.0 Å². The zero-order valence-electron chi connectivity index (χ0n) is 12.8. The van der Waals surface area contributed by atoms with Crippen molar-refractivity contribution in [2.24, 2.45) is 11.5 Å². The molecule has 9 heteroatoms. The van der Waals surface area contributed by atoms with Crippen LogP contribution in [0.4, 0.5) is 0 Å². The predicted octanol–water partition coefficient (Wildman–Crippen LogP) is 1.06. The summed E-state index contributed by atoms with van der Waals surface area (Å²) < 4.78 is 5.42. The van der Waals surface area contributed by atoms with Gasteiger partial charge in [0.25, 0.3) is 0 Å². The maximum atomic E-state index is 11.0. The summed E-state index contributed by atoms with van der Waals surface area (Å²) in [4.78, 5) is 21.9. The number of aliphatic carboxylic acids is 2. The highest BCUT2D eigenvalue weighted by atomic mass is 16.5. The number of benzene rings is 2. The molecule has 0 spiro atoms. The van der Waals surface area contributed by atoms with E-state index in [4.69, 9.17) is 26.4 Å². The highest BCUT2D eigenvalue weighted by molar-refractivity contribution is 5.76. The Labute approximate surface area is 141 Å². The Hall–Kier alpha value is -3.30. The summed E-state index contributed by atoms with van der Waals surface area (Å²) in [6, 6.07) is 4.70. The molecule has 2 rings (SSSR count). The van der Waals surface area contributed by atoms with Crippen molar-refractivity contribution in [2.45, 2.75) is 12.1 Å². The average molecular weight is 348 g/mol. The number of carboxylic acid groups (broad SMARTS) is 2. The van der Waals surface area contributed by atoms with Gasteiger partial charge in [-0.1, -0.05) is 6.07 Å². The SMILES string of the molecule is NC(C(=O)O)c1cc(O)cc(Oc2cc(C(N)C(=O)O)ccc2O)c1. The van der Waals surface area contributed by atoms with E-state index in [2.05, 4.69) is 0 Å².